The highest BCUT2D eigenvalue weighted by atomic mass is 16.2. The molecule has 0 heterocycles. The third kappa shape index (κ3) is 4.68. The van der Waals surface area contributed by atoms with Gasteiger partial charge in [0.05, 0.1) is 0 Å². The molecule has 4 heteroatoms. The second-order valence-electron chi connectivity index (χ2n) is 5.95. The molecular weight excluding hydrogens is 288 g/mol. The summed E-state index contributed by atoms with van der Waals surface area (Å²) in [6.07, 6.45) is 0. The van der Waals surface area contributed by atoms with E-state index in [1.807, 2.05) is 45.0 Å². The molecule has 0 saturated heterocycles. The molecule has 0 aliphatic heterocycles. The van der Waals surface area contributed by atoms with Gasteiger partial charge in [-0.25, -0.2) is 0 Å². The first-order valence-electron chi connectivity index (χ1n) is 7.72. The number of anilines is 1. The predicted molar refractivity (Wildman–Crippen MR) is 92.7 cm³/mol. The molecule has 2 N–H and O–H groups in total. The molecule has 0 spiro atoms. The van der Waals surface area contributed by atoms with Crippen LogP contribution in [-0.4, -0.2) is 18.4 Å². The summed E-state index contributed by atoms with van der Waals surface area (Å²) in [5.74, 6) is 0.0936. The summed E-state index contributed by atoms with van der Waals surface area (Å²) in [5, 5.41) is 5.73. The lowest BCUT2D eigenvalue weighted by Gasteiger charge is -2.09. The normalized spacial score (nSPS) is 10.4. The molecular formula is C19H22N2O2. The van der Waals surface area contributed by atoms with Gasteiger partial charge in [0.25, 0.3) is 11.8 Å². The monoisotopic (exact) mass is 310 g/mol. The van der Waals surface area contributed by atoms with Crippen molar-refractivity contribution in [2.75, 3.05) is 11.9 Å². The van der Waals surface area contributed by atoms with Gasteiger partial charge in [0.15, 0.2) is 0 Å². The molecule has 2 aromatic carbocycles. The van der Waals surface area contributed by atoms with E-state index in [0.717, 1.165) is 11.3 Å². The van der Waals surface area contributed by atoms with Crippen LogP contribution in [0.25, 0.3) is 0 Å². The third-order valence-corrected chi connectivity index (χ3v) is 3.47. The van der Waals surface area contributed by atoms with Crippen LogP contribution in [0.3, 0.4) is 0 Å². The van der Waals surface area contributed by atoms with Crippen molar-refractivity contribution in [2.45, 2.75) is 20.8 Å². The van der Waals surface area contributed by atoms with Crippen LogP contribution in [0.4, 0.5) is 5.69 Å². The maximum Gasteiger partial charge on any atom is 0.255 e. The number of para-hydroxylation sites is 1. The van der Waals surface area contributed by atoms with E-state index >= 15 is 0 Å². The van der Waals surface area contributed by atoms with Crippen molar-refractivity contribution in [1.29, 1.82) is 0 Å². The van der Waals surface area contributed by atoms with E-state index in [2.05, 4.69) is 10.6 Å². The molecule has 0 atom stereocenters. The smallest absolute Gasteiger partial charge is 0.255 e. The topological polar surface area (TPSA) is 58.2 Å². The number of nitrogens with one attached hydrogen (secondary N) is 2. The Labute approximate surface area is 136 Å². The molecule has 0 aromatic heterocycles. The Morgan fingerprint density at radius 1 is 0.913 bits per heavy atom. The van der Waals surface area contributed by atoms with Gasteiger partial charge >= 0.3 is 0 Å². The lowest BCUT2D eigenvalue weighted by atomic mass is 10.1. The number of rotatable bonds is 5. The minimum absolute atomic E-state index is 0.121. The van der Waals surface area contributed by atoms with Gasteiger partial charge < -0.3 is 10.6 Å². The minimum Gasteiger partial charge on any atom is -0.352 e. The maximum atomic E-state index is 12.3. The molecule has 2 aromatic rings. The second kappa shape index (κ2) is 7.58. The first-order chi connectivity index (χ1) is 11.0. The molecule has 0 fully saturated rings. The van der Waals surface area contributed by atoms with Crippen molar-refractivity contribution in [3.63, 3.8) is 0 Å². The van der Waals surface area contributed by atoms with Crippen molar-refractivity contribution >= 4 is 17.5 Å². The molecule has 0 saturated carbocycles. The molecule has 4 nitrogen and oxygen atoms in total. The van der Waals surface area contributed by atoms with Gasteiger partial charge in [0, 0.05) is 23.4 Å². The predicted octanol–water partition coefficient (Wildman–Crippen LogP) is 3.63. The average Bonchev–Trinajstić information content (AvgIpc) is 2.54. The van der Waals surface area contributed by atoms with E-state index < -0.39 is 0 Å². The lowest BCUT2D eigenvalue weighted by molar-refractivity contribution is 0.0947. The molecule has 0 unspecified atom stereocenters. The van der Waals surface area contributed by atoms with E-state index in [4.69, 9.17) is 0 Å². The van der Waals surface area contributed by atoms with E-state index in [0.29, 0.717) is 23.6 Å². The first kappa shape index (κ1) is 16.7. The summed E-state index contributed by atoms with van der Waals surface area (Å²) in [4.78, 5) is 24.2. The molecule has 2 amide bonds. The number of amides is 2. The van der Waals surface area contributed by atoms with Crippen LogP contribution in [0.1, 0.15) is 40.1 Å². The second-order valence-corrected chi connectivity index (χ2v) is 5.95. The summed E-state index contributed by atoms with van der Waals surface area (Å²) < 4.78 is 0. The molecule has 0 aliphatic carbocycles. The van der Waals surface area contributed by atoms with Crippen molar-refractivity contribution in [1.82, 2.24) is 5.32 Å². The number of benzene rings is 2. The summed E-state index contributed by atoms with van der Waals surface area (Å²) in [5.41, 5.74) is 2.87. The Kier molecular flexibility index (Phi) is 5.52. The zero-order valence-electron chi connectivity index (χ0n) is 13.7. The molecule has 2 rings (SSSR count). The van der Waals surface area contributed by atoms with Gasteiger partial charge in [-0.1, -0.05) is 32.0 Å². The van der Waals surface area contributed by atoms with Crippen LogP contribution in [0.5, 0.6) is 0 Å². The number of hydrogen-bond donors (Lipinski definition) is 2. The fourth-order valence-corrected chi connectivity index (χ4v) is 2.08. The highest BCUT2D eigenvalue weighted by Crippen LogP contribution is 2.15. The van der Waals surface area contributed by atoms with Crippen LogP contribution >= 0.6 is 0 Å². The zero-order valence-corrected chi connectivity index (χ0v) is 13.7. The van der Waals surface area contributed by atoms with E-state index in [1.54, 1.807) is 24.3 Å². The fraction of sp³-hybridized carbons (Fsp3) is 0.263. The largest absolute Gasteiger partial charge is 0.352 e. The fourth-order valence-electron chi connectivity index (χ4n) is 2.08. The Morgan fingerprint density at radius 3 is 2.04 bits per heavy atom. The maximum absolute atomic E-state index is 12.3. The van der Waals surface area contributed by atoms with Crippen LogP contribution in [0.15, 0.2) is 48.5 Å². The average molecular weight is 310 g/mol. The summed E-state index contributed by atoms with van der Waals surface area (Å²) in [6.45, 7) is 6.66. The van der Waals surface area contributed by atoms with Crippen LogP contribution < -0.4 is 10.6 Å². The Morgan fingerprint density at radius 2 is 1.48 bits per heavy atom. The molecule has 0 bridgehead atoms. The lowest BCUT2D eigenvalue weighted by Crippen LogP contribution is -2.27. The first-order valence-corrected chi connectivity index (χ1v) is 7.72. The van der Waals surface area contributed by atoms with Gasteiger partial charge in [-0.05, 0) is 48.7 Å². The van der Waals surface area contributed by atoms with Crippen LogP contribution in [0.2, 0.25) is 0 Å². The standard InChI is InChI=1S/C19H22N2O2/c1-13(2)12-20-18(22)15-8-10-16(11-9-15)19(23)21-17-7-5-4-6-14(17)3/h4-11,13H,12H2,1-3H3,(H,20,22)(H,21,23). The third-order valence-electron chi connectivity index (χ3n) is 3.47. The summed E-state index contributed by atoms with van der Waals surface area (Å²) in [6, 6.07) is 14.3. The molecule has 120 valence electrons. The van der Waals surface area contributed by atoms with Crippen molar-refractivity contribution in [3.05, 3.63) is 65.2 Å². The van der Waals surface area contributed by atoms with Crippen molar-refractivity contribution in [2.24, 2.45) is 5.92 Å². The van der Waals surface area contributed by atoms with Crippen LogP contribution in [0, 0.1) is 12.8 Å². The zero-order chi connectivity index (χ0) is 16.8. The van der Waals surface area contributed by atoms with E-state index in [-0.39, 0.29) is 11.8 Å². The Balaban J connectivity index is 2.03. The number of hydrogen-bond acceptors (Lipinski definition) is 2. The van der Waals surface area contributed by atoms with E-state index in [1.165, 1.54) is 0 Å². The molecule has 23 heavy (non-hydrogen) atoms. The van der Waals surface area contributed by atoms with Gasteiger partial charge in [0.1, 0.15) is 0 Å². The van der Waals surface area contributed by atoms with E-state index in [9.17, 15) is 9.59 Å². The highest BCUT2D eigenvalue weighted by Gasteiger charge is 2.10. The SMILES string of the molecule is Cc1ccccc1NC(=O)c1ccc(C(=O)NCC(C)C)cc1. The van der Waals surface area contributed by atoms with Gasteiger partial charge in [0.2, 0.25) is 0 Å². The van der Waals surface area contributed by atoms with Gasteiger partial charge in [-0.2, -0.15) is 0 Å². The minimum atomic E-state index is -0.187. The molecule has 0 radical (unpaired) electrons. The quantitative estimate of drug-likeness (QED) is 0.886. The highest BCUT2D eigenvalue weighted by molar-refractivity contribution is 6.05. The van der Waals surface area contributed by atoms with Crippen LogP contribution in [-0.2, 0) is 0 Å². The molecule has 0 aliphatic rings. The summed E-state index contributed by atoms with van der Waals surface area (Å²) >= 11 is 0. The van der Waals surface area contributed by atoms with Gasteiger partial charge in [-0.3, -0.25) is 9.59 Å². The number of carbonyl (C=O) groups is 2. The Hall–Kier alpha value is -2.62. The Bertz CT molecular complexity index is 691. The summed E-state index contributed by atoms with van der Waals surface area (Å²) in [7, 11) is 0. The number of aryl methyl sites for hydroxylation is 1. The van der Waals surface area contributed by atoms with Crippen molar-refractivity contribution in [3.8, 4) is 0 Å². The van der Waals surface area contributed by atoms with Crippen molar-refractivity contribution < 1.29 is 9.59 Å². The number of carbonyl (C=O) groups excluding carboxylic acids is 2. The van der Waals surface area contributed by atoms with Gasteiger partial charge in [-0.15, -0.1) is 0 Å².